The summed E-state index contributed by atoms with van der Waals surface area (Å²) in [5.41, 5.74) is 1.13. The van der Waals surface area contributed by atoms with Crippen molar-refractivity contribution in [2.75, 3.05) is 33.3 Å². The molecule has 0 saturated carbocycles. The Morgan fingerprint density at radius 1 is 1.11 bits per heavy atom. The Morgan fingerprint density at radius 2 is 1.78 bits per heavy atom. The summed E-state index contributed by atoms with van der Waals surface area (Å²) in [6.45, 7) is 5.18. The highest BCUT2D eigenvalue weighted by Gasteiger charge is 2.39. The van der Waals surface area contributed by atoms with Gasteiger partial charge < -0.3 is 19.6 Å². The van der Waals surface area contributed by atoms with Gasteiger partial charge in [0.05, 0.1) is 43.5 Å². The number of nitrogens with zero attached hydrogens (tertiary/aromatic N) is 3. The minimum atomic E-state index is -4.43. The monoisotopic (exact) mass is 521 g/mol. The zero-order valence-electron chi connectivity index (χ0n) is 19.7. The Labute approximate surface area is 212 Å². The molecule has 4 rings (SSSR count). The molecule has 0 spiro atoms. The van der Waals surface area contributed by atoms with E-state index in [2.05, 4.69) is 11.6 Å². The molecule has 2 saturated heterocycles. The summed E-state index contributed by atoms with van der Waals surface area (Å²) in [6, 6.07) is 11.9. The number of carbonyl (C=O) groups excluding carboxylic acids is 1. The van der Waals surface area contributed by atoms with E-state index in [1.54, 1.807) is 28.0 Å². The number of alkyl halides is 3. The fourth-order valence-electron chi connectivity index (χ4n) is 4.60. The fourth-order valence-corrected chi connectivity index (χ4v) is 4.79. The SMILES string of the molecule is C=C(N=C(OC)C1CC(c2ccc(C(F)(F)F)cc2)CN(C(=O)N2CC(O)C2)C1)c1cccc(Cl)c1. The zero-order chi connectivity index (χ0) is 26.0. The van der Waals surface area contributed by atoms with Crippen molar-refractivity contribution in [3.05, 3.63) is 76.8 Å². The van der Waals surface area contributed by atoms with E-state index in [4.69, 9.17) is 16.3 Å². The molecule has 2 aromatic rings. The Hall–Kier alpha value is -3.04. The molecule has 2 fully saturated rings. The Bertz CT molecular complexity index is 1150. The zero-order valence-corrected chi connectivity index (χ0v) is 20.5. The number of aliphatic imine (C=N–C) groups is 1. The number of ether oxygens (including phenoxy) is 1. The number of benzene rings is 2. The molecular formula is C26H27ClF3N3O3. The molecule has 1 N–H and O–H groups in total. The van der Waals surface area contributed by atoms with Crippen LogP contribution in [0.1, 0.15) is 29.0 Å². The number of hydrogen-bond acceptors (Lipinski definition) is 4. The molecule has 2 atom stereocenters. The van der Waals surface area contributed by atoms with Crippen LogP contribution >= 0.6 is 11.6 Å². The lowest BCUT2D eigenvalue weighted by Gasteiger charge is -2.44. The maximum Gasteiger partial charge on any atom is 0.416 e. The first-order valence-corrected chi connectivity index (χ1v) is 11.9. The van der Waals surface area contributed by atoms with Gasteiger partial charge in [0.25, 0.3) is 0 Å². The van der Waals surface area contributed by atoms with Crippen LogP contribution in [0.15, 0.2) is 60.1 Å². The minimum absolute atomic E-state index is 0.231. The standard InChI is InChI=1S/C26H27ClF3N3O3/c1-16(18-4-3-5-22(27)11-18)31-24(36-2)20-10-19(17-6-8-21(9-7-17)26(28,29)30)12-32(13-20)25(35)33-14-23(34)15-33/h3-9,11,19-20,23,34H,1,10,12-15H2,2H3. The molecule has 2 heterocycles. The van der Waals surface area contributed by atoms with Crippen molar-refractivity contribution in [2.24, 2.45) is 10.9 Å². The van der Waals surface area contributed by atoms with Gasteiger partial charge in [0.15, 0.2) is 5.90 Å². The highest BCUT2D eigenvalue weighted by atomic mass is 35.5. The Morgan fingerprint density at radius 3 is 2.36 bits per heavy atom. The number of hydrogen-bond donors (Lipinski definition) is 1. The van der Waals surface area contributed by atoms with E-state index in [0.717, 1.165) is 17.7 Å². The van der Waals surface area contributed by atoms with Gasteiger partial charge in [-0.05, 0) is 36.2 Å². The number of aliphatic hydroxyl groups is 1. The van der Waals surface area contributed by atoms with Crippen LogP contribution in [0.3, 0.4) is 0 Å². The number of urea groups is 1. The number of piperidine rings is 1. The molecule has 2 aliphatic heterocycles. The van der Waals surface area contributed by atoms with Crippen LogP contribution < -0.4 is 0 Å². The Kier molecular flexibility index (Phi) is 7.61. The molecular weight excluding hydrogens is 495 g/mol. The van der Waals surface area contributed by atoms with Crippen LogP contribution in [0, 0.1) is 5.92 Å². The van der Waals surface area contributed by atoms with Crippen molar-refractivity contribution < 1.29 is 27.8 Å². The van der Waals surface area contributed by atoms with E-state index in [1.807, 2.05) is 6.07 Å². The summed E-state index contributed by atoms with van der Waals surface area (Å²) < 4.78 is 44.8. The normalized spacial score (nSPS) is 21.2. The van der Waals surface area contributed by atoms with Crippen LogP contribution in [0.25, 0.3) is 5.70 Å². The van der Waals surface area contributed by atoms with Crippen molar-refractivity contribution in [3.63, 3.8) is 0 Å². The lowest BCUT2D eigenvalue weighted by molar-refractivity contribution is -0.137. The lowest BCUT2D eigenvalue weighted by Crippen LogP contribution is -2.59. The number of carbonyl (C=O) groups is 1. The summed E-state index contributed by atoms with van der Waals surface area (Å²) in [7, 11) is 1.49. The fraction of sp³-hybridized carbons (Fsp3) is 0.385. The van der Waals surface area contributed by atoms with Crippen molar-refractivity contribution in [1.82, 2.24) is 9.80 Å². The largest absolute Gasteiger partial charge is 0.484 e. The third-order valence-corrected chi connectivity index (χ3v) is 6.76. The van der Waals surface area contributed by atoms with Gasteiger partial charge in [0.2, 0.25) is 0 Å². The summed E-state index contributed by atoms with van der Waals surface area (Å²) >= 11 is 6.09. The van der Waals surface area contributed by atoms with Gasteiger partial charge in [-0.2, -0.15) is 13.2 Å². The number of rotatable bonds is 4. The number of aliphatic hydroxyl groups excluding tert-OH is 1. The van der Waals surface area contributed by atoms with Gasteiger partial charge in [0.1, 0.15) is 0 Å². The second-order valence-electron chi connectivity index (χ2n) is 9.11. The maximum absolute atomic E-state index is 13.1. The average Bonchev–Trinajstić information content (AvgIpc) is 2.84. The number of methoxy groups -OCH3 is 1. The van der Waals surface area contributed by atoms with Crippen molar-refractivity contribution >= 4 is 29.2 Å². The molecule has 36 heavy (non-hydrogen) atoms. The smallest absolute Gasteiger partial charge is 0.416 e. The van der Waals surface area contributed by atoms with E-state index in [0.29, 0.717) is 41.7 Å². The van der Waals surface area contributed by atoms with Crippen LogP contribution in [0.2, 0.25) is 5.02 Å². The van der Waals surface area contributed by atoms with Gasteiger partial charge in [0, 0.05) is 29.6 Å². The van der Waals surface area contributed by atoms with Crippen LogP contribution in [-0.2, 0) is 10.9 Å². The van der Waals surface area contributed by atoms with Gasteiger partial charge in [-0.25, -0.2) is 9.79 Å². The predicted molar refractivity (Wildman–Crippen MR) is 132 cm³/mol. The van der Waals surface area contributed by atoms with Gasteiger partial charge in [-0.15, -0.1) is 0 Å². The summed E-state index contributed by atoms with van der Waals surface area (Å²) in [4.78, 5) is 20.9. The molecule has 2 aromatic carbocycles. The van der Waals surface area contributed by atoms with E-state index >= 15 is 0 Å². The molecule has 2 aliphatic rings. The van der Waals surface area contributed by atoms with Crippen LogP contribution in [-0.4, -0.2) is 66.2 Å². The third-order valence-electron chi connectivity index (χ3n) is 6.52. The molecule has 2 unspecified atom stereocenters. The molecule has 192 valence electrons. The first-order chi connectivity index (χ1) is 17.0. The molecule has 0 aromatic heterocycles. The third kappa shape index (κ3) is 5.84. The average molecular weight is 522 g/mol. The van der Waals surface area contributed by atoms with Gasteiger partial charge in [-0.1, -0.05) is 42.4 Å². The van der Waals surface area contributed by atoms with E-state index in [-0.39, 0.29) is 31.0 Å². The number of amides is 2. The van der Waals surface area contributed by atoms with Gasteiger partial charge >= 0.3 is 12.2 Å². The van der Waals surface area contributed by atoms with Crippen molar-refractivity contribution in [3.8, 4) is 0 Å². The molecule has 2 amide bonds. The first kappa shape index (κ1) is 26.0. The molecule has 0 bridgehead atoms. The van der Waals surface area contributed by atoms with E-state index in [1.165, 1.54) is 19.2 Å². The van der Waals surface area contributed by atoms with Crippen LogP contribution in [0.4, 0.5) is 18.0 Å². The van der Waals surface area contributed by atoms with Crippen molar-refractivity contribution in [2.45, 2.75) is 24.6 Å². The number of halogens is 4. The van der Waals surface area contributed by atoms with E-state index < -0.39 is 17.8 Å². The quantitative estimate of drug-likeness (QED) is 0.440. The predicted octanol–water partition coefficient (Wildman–Crippen LogP) is 5.28. The first-order valence-electron chi connectivity index (χ1n) is 11.5. The lowest BCUT2D eigenvalue weighted by atomic mass is 9.84. The number of β-amino-alcohol motifs (C(OH)–C–C–N with tert-alkyl or cyclic N) is 1. The maximum atomic E-state index is 13.1. The minimum Gasteiger partial charge on any atom is -0.484 e. The second kappa shape index (κ2) is 10.5. The Balaban J connectivity index is 1.61. The summed E-state index contributed by atoms with van der Waals surface area (Å²) in [5.74, 6) is -0.180. The highest BCUT2D eigenvalue weighted by Crippen LogP contribution is 2.35. The summed E-state index contributed by atoms with van der Waals surface area (Å²) in [5, 5.41) is 10.2. The van der Waals surface area contributed by atoms with Crippen LogP contribution in [0.5, 0.6) is 0 Å². The van der Waals surface area contributed by atoms with E-state index in [9.17, 15) is 23.1 Å². The summed E-state index contributed by atoms with van der Waals surface area (Å²) in [6.07, 6.45) is -4.45. The topological polar surface area (TPSA) is 65.4 Å². The van der Waals surface area contributed by atoms with Crippen molar-refractivity contribution in [1.29, 1.82) is 0 Å². The molecule has 6 nitrogen and oxygen atoms in total. The highest BCUT2D eigenvalue weighted by molar-refractivity contribution is 6.30. The molecule has 0 radical (unpaired) electrons. The molecule has 0 aliphatic carbocycles. The number of likely N-dealkylation sites (tertiary alicyclic amines) is 2. The molecule has 10 heteroatoms. The van der Waals surface area contributed by atoms with Gasteiger partial charge in [-0.3, -0.25) is 0 Å². The second-order valence-corrected chi connectivity index (χ2v) is 9.54.